The molecular weight excluding hydrogens is 502 g/mol. The highest BCUT2D eigenvalue weighted by Gasteiger charge is 2.35. The van der Waals surface area contributed by atoms with Gasteiger partial charge in [0.1, 0.15) is 0 Å². The van der Waals surface area contributed by atoms with Gasteiger partial charge in [-0.1, -0.05) is 6.07 Å². The minimum atomic E-state index is -4.86. The Kier molecular flexibility index (Phi) is 6.73. The van der Waals surface area contributed by atoms with Crippen LogP contribution in [0.4, 0.5) is 60.7 Å². The van der Waals surface area contributed by atoms with Crippen molar-refractivity contribution < 1.29 is 36.2 Å². The summed E-state index contributed by atoms with van der Waals surface area (Å²) in [5.41, 5.74) is -3.42. The average molecular weight is 516 g/mol. The molecule has 0 saturated heterocycles. The molecule has 0 aliphatic heterocycles. The van der Waals surface area contributed by atoms with Crippen LogP contribution in [0.1, 0.15) is 22.3 Å². The summed E-state index contributed by atoms with van der Waals surface area (Å²) in [5, 5.41) is 27.8. The smallest absolute Gasteiger partial charge is 0.334 e. The van der Waals surface area contributed by atoms with Crippen molar-refractivity contribution in [3.63, 3.8) is 0 Å². The van der Waals surface area contributed by atoms with Crippen molar-refractivity contribution in [1.29, 1.82) is 0 Å². The van der Waals surface area contributed by atoms with Gasteiger partial charge in [0.2, 0.25) is 11.6 Å². The molecule has 0 fully saturated rings. The van der Waals surface area contributed by atoms with E-state index in [0.717, 1.165) is 0 Å². The summed E-state index contributed by atoms with van der Waals surface area (Å²) < 4.78 is 77.6. The lowest BCUT2D eigenvalue weighted by molar-refractivity contribution is -0.384. The summed E-state index contributed by atoms with van der Waals surface area (Å²) in [6, 6.07) is 3.45. The first-order valence-electron chi connectivity index (χ1n) is 9.66. The zero-order chi connectivity index (χ0) is 27.0. The van der Waals surface area contributed by atoms with Gasteiger partial charge < -0.3 is 10.6 Å². The summed E-state index contributed by atoms with van der Waals surface area (Å²) in [6.07, 6.45) is -8.91. The lowest BCUT2D eigenvalue weighted by Crippen LogP contribution is -2.09. The Morgan fingerprint density at radius 3 is 1.36 bits per heavy atom. The Morgan fingerprint density at radius 1 is 0.694 bits per heavy atom. The number of rotatable bonds is 6. The fourth-order valence-corrected chi connectivity index (χ4v) is 3.06. The number of nitrogens with one attached hydrogen (secondary N) is 2. The van der Waals surface area contributed by atoms with Gasteiger partial charge in [0, 0.05) is 35.9 Å². The quantitative estimate of drug-likeness (QED) is 0.217. The van der Waals surface area contributed by atoms with E-state index in [1.54, 1.807) is 13.8 Å². The largest absolute Gasteiger partial charge is 0.418 e. The van der Waals surface area contributed by atoms with Crippen LogP contribution in [0.25, 0.3) is 0 Å². The van der Waals surface area contributed by atoms with Gasteiger partial charge in [0.25, 0.3) is 0 Å². The van der Waals surface area contributed by atoms with Crippen LogP contribution in [0, 0.1) is 34.1 Å². The number of alkyl halides is 6. The average Bonchev–Trinajstić information content (AvgIpc) is 2.75. The number of nitro groups is 2. The predicted octanol–water partition coefficient (Wildman–Crippen LogP) is 6.43. The molecule has 0 aliphatic carbocycles. The molecule has 2 N–H and O–H groups in total. The van der Waals surface area contributed by atoms with E-state index in [4.69, 9.17) is 0 Å². The van der Waals surface area contributed by atoms with Gasteiger partial charge in [0.15, 0.2) is 0 Å². The number of nitrogens with zero attached hydrogens (tertiary/aromatic N) is 4. The minimum Gasteiger partial charge on any atom is -0.334 e. The minimum absolute atomic E-state index is 0.119. The van der Waals surface area contributed by atoms with E-state index in [2.05, 4.69) is 20.6 Å². The Labute approximate surface area is 197 Å². The first-order chi connectivity index (χ1) is 16.6. The second-order valence-electron chi connectivity index (χ2n) is 7.43. The highest BCUT2D eigenvalue weighted by molar-refractivity contribution is 5.76. The molecule has 36 heavy (non-hydrogen) atoms. The highest BCUT2D eigenvalue weighted by Crippen LogP contribution is 2.38. The van der Waals surface area contributed by atoms with Crippen molar-refractivity contribution >= 4 is 34.4 Å². The van der Waals surface area contributed by atoms with Crippen LogP contribution >= 0.6 is 0 Å². The number of hydrogen-bond donors (Lipinski definition) is 2. The molecule has 3 aromatic rings. The molecule has 1 aromatic carbocycles. The molecule has 0 atom stereocenters. The number of pyridine rings is 2. The van der Waals surface area contributed by atoms with E-state index in [1.807, 2.05) is 0 Å². The van der Waals surface area contributed by atoms with Crippen molar-refractivity contribution in [1.82, 2.24) is 9.97 Å². The van der Waals surface area contributed by atoms with Crippen LogP contribution in [0.3, 0.4) is 0 Å². The maximum absolute atomic E-state index is 12.9. The van der Waals surface area contributed by atoms with Crippen LogP contribution < -0.4 is 10.6 Å². The van der Waals surface area contributed by atoms with Gasteiger partial charge in [0.05, 0.1) is 21.0 Å². The summed E-state index contributed by atoms with van der Waals surface area (Å²) in [4.78, 5) is 27.6. The number of halogens is 6. The summed E-state index contributed by atoms with van der Waals surface area (Å²) in [7, 11) is 0. The Balaban J connectivity index is 2.02. The molecule has 3 rings (SSSR count). The zero-order valence-corrected chi connectivity index (χ0v) is 18.2. The third-order valence-corrected chi connectivity index (χ3v) is 4.86. The number of benzene rings is 1. The third-order valence-electron chi connectivity index (χ3n) is 4.86. The van der Waals surface area contributed by atoms with Gasteiger partial charge in [-0.15, -0.1) is 0 Å². The van der Waals surface area contributed by atoms with Crippen LogP contribution in [0.5, 0.6) is 0 Å². The standard InChI is InChI=1S/C20H14F6N6O4/c1-9-3-10(2)14(30-18-16(32(35)36)5-12(8-28-18)20(24,25)26)6-13(9)29-17-15(31(33)34)4-11(7-27-17)19(21,22)23/h3-8H,1-2H3,(H,27,29)(H,28,30). The topological polar surface area (TPSA) is 136 Å². The number of aromatic nitrogens is 2. The van der Waals surface area contributed by atoms with Gasteiger partial charge in [-0.3, -0.25) is 20.2 Å². The van der Waals surface area contributed by atoms with E-state index in [0.29, 0.717) is 35.7 Å². The lowest BCUT2D eigenvalue weighted by atomic mass is 10.1. The number of hydrogen-bond acceptors (Lipinski definition) is 8. The first-order valence-corrected chi connectivity index (χ1v) is 9.66. The maximum atomic E-state index is 12.9. The van der Waals surface area contributed by atoms with Crippen LogP contribution in [-0.2, 0) is 12.4 Å². The van der Waals surface area contributed by atoms with Crippen LogP contribution in [0.15, 0.2) is 36.7 Å². The highest BCUT2D eigenvalue weighted by atomic mass is 19.4. The monoisotopic (exact) mass is 516 g/mol. The Morgan fingerprint density at radius 2 is 1.06 bits per heavy atom. The molecule has 0 saturated carbocycles. The molecule has 0 amide bonds. The molecule has 0 spiro atoms. The van der Waals surface area contributed by atoms with Gasteiger partial charge >= 0.3 is 23.7 Å². The number of aryl methyl sites for hydroxylation is 2. The van der Waals surface area contributed by atoms with E-state index < -0.39 is 56.3 Å². The summed E-state index contributed by atoms with van der Waals surface area (Å²) in [5.74, 6) is -1.02. The van der Waals surface area contributed by atoms with Crippen molar-refractivity contribution in [2.24, 2.45) is 0 Å². The molecule has 0 unspecified atom stereocenters. The Bertz CT molecular complexity index is 1260. The first kappa shape index (κ1) is 26.1. The van der Waals surface area contributed by atoms with Crippen LogP contribution in [-0.4, -0.2) is 19.8 Å². The van der Waals surface area contributed by atoms with Crippen LogP contribution in [0.2, 0.25) is 0 Å². The summed E-state index contributed by atoms with van der Waals surface area (Å²) >= 11 is 0. The molecule has 2 aromatic heterocycles. The second kappa shape index (κ2) is 9.27. The third kappa shape index (κ3) is 5.59. The van der Waals surface area contributed by atoms with E-state index in [9.17, 15) is 46.6 Å². The molecule has 2 heterocycles. The normalized spacial score (nSPS) is 11.8. The fourth-order valence-electron chi connectivity index (χ4n) is 3.06. The van der Waals surface area contributed by atoms with Gasteiger partial charge in [-0.25, -0.2) is 9.97 Å². The van der Waals surface area contributed by atoms with Gasteiger partial charge in [-0.2, -0.15) is 26.3 Å². The lowest BCUT2D eigenvalue weighted by Gasteiger charge is -2.16. The SMILES string of the molecule is Cc1cc(C)c(Nc2ncc(C(F)(F)F)cc2[N+](=O)[O-])cc1Nc1ncc(C(F)(F)F)cc1[N+](=O)[O-]. The molecule has 0 bridgehead atoms. The van der Waals surface area contributed by atoms with Crippen molar-refractivity contribution in [2.45, 2.75) is 26.2 Å². The van der Waals surface area contributed by atoms with Gasteiger partial charge in [-0.05, 0) is 31.0 Å². The van der Waals surface area contributed by atoms with Crippen molar-refractivity contribution in [3.8, 4) is 0 Å². The van der Waals surface area contributed by atoms with Crippen molar-refractivity contribution in [3.05, 3.63) is 79.1 Å². The predicted molar refractivity (Wildman–Crippen MR) is 114 cm³/mol. The molecule has 0 aliphatic rings. The molecule has 16 heteroatoms. The van der Waals surface area contributed by atoms with E-state index in [-0.39, 0.29) is 11.4 Å². The van der Waals surface area contributed by atoms with E-state index >= 15 is 0 Å². The zero-order valence-electron chi connectivity index (χ0n) is 18.2. The molecule has 190 valence electrons. The Hall–Kier alpha value is -4.50. The summed E-state index contributed by atoms with van der Waals surface area (Å²) in [6.45, 7) is 3.13. The fraction of sp³-hybridized carbons (Fsp3) is 0.200. The van der Waals surface area contributed by atoms with Crippen molar-refractivity contribution in [2.75, 3.05) is 10.6 Å². The van der Waals surface area contributed by atoms with E-state index in [1.165, 1.54) is 12.1 Å². The molecule has 10 nitrogen and oxygen atoms in total. The number of anilines is 4. The maximum Gasteiger partial charge on any atom is 0.418 e. The molecular formula is C20H14F6N6O4. The molecule has 0 radical (unpaired) electrons. The second-order valence-corrected chi connectivity index (χ2v) is 7.43.